The van der Waals surface area contributed by atoms with Crippen molar-refractivity contribution >= 4 is 5.97 Å². The summed E-state index contributed by atoms with van der Waals surface area (Å²) < 4.78 is 4.76. The summed E-state index contributed by atoms with van der Waals surface area (Å²) in [5.74, 6) is -0.389. The van der Waals surface area contributed by atoms with Gasteiger partial charge in [0, 0.05) is 0 Å². The van der Waals surface area contributed by atoms with Crippen LogP contribution in [0.15, 0.2) is 18.2 Å². The van der Waals surface area contributed by atoms with Gasteiger partial charge in [-0.2, -0.15) is 5.26 Å². The van der Waals surface area contributed by atoms with Crippen LogP contribution in [0, 0.1) is 11.3 Å². The molecule has 78 valence electrons. The number of carbonyl (C=O) groups excluding carboxylic acids is 1. The molecule has 0 atom stereocenters. The first-order chi connectivity index (χ1) is 7.15. The Kier molecular flexibility index (Phi) is 3.69. The van der Waals surface area contributed by atoms with Crippen LogP contribution in [0.3, 0.4) is 0 Å². The minimum atomic E-state index is -0.369. The number of nitrogens with zero attached hydrogens (tertiary/aromatic N) is 1. The van der Waals surface area contributed by atoms with Crippen LogP contribution in [0.25, 0.3) is 0 Å². The zero-order valence-electron chi connectivity index (χ0n) is 8.36. The van der Waals surface area contributed by atoms with Gasteiger partial charge in [0.25, 0.3) is 0 Å². The lowest BCUT2D eigenvalue weighted by molar-refractivity contribution is -0.142. The van der Waals surface area contributed by atoms with E-state index in [-0.39, 0.29) is 18.1 Å². The Balaban J connectivity index is 2.82. The van der Waals surface area contributed by atoms with Crippen molar-refractivity contribution in [1.29, 1.82) is 5.26 Å². The molecular formula is C11H11NO3. The van der Waals surface area contributed by atoms with E-state index in [2.05, 4.69) is 0 Å². The van der Waals surface area contributed by atoms with Crippen LogP contribution in [-0.2, 0) is 16.0 Å². The van der Waals surface area contributed by atoms with E-state index in [0.717, 1.165) is 0 Å². The molecule has 15 heavy (non-hydrogen) atoms. The van der Waals surface area contributed by atoms with Crippen LogP contribution >= 0.6 is 0 Å². The first-order valence-electron chi connectivity index (χ1n) is 4.54. The highest BCUT2D eigenvalue weighted by molar-refractivity contribution is 5.72. The summed E-state index contributed by atoms with van der Waals surface area (Å²) in [6, 6.07) is 6.24. The normalized spacial score (nSPS) is 9.33. The van der Waals surface area contributed by atoms with Crippen molar-refractivity contribution < 1.29 is 14.6 Å². The first kappa shape index (κ1) is 11.1. The quantitative estimate of drug-likeness (QED) is 0.756. The number of carbonyl (C=O) groups is 1. The van der Waals surface area contributed by atoms with Gasteiger partial charge in [0.1, 0.15) is 5.75 Å². The van der Waals surface area contributed by atoms with E-state index in [1.54, 1.807) is 13.0 Å². The van der Waals surface area contributed by atoms with Gasteiger partial charge >= 0.3 is 5.97 Å². The predicted octanol–water partition coefficient (Wildman–Crippen LogP) is 1.37. The lowest BCUT2D eigenvalue weighted by atomic mass is 10.1. The van der Waals surface area contributed by atoms with Crippen molar-refractivity contribution in [2.45, 2.75) is 13.3 Å². The largest absolute Gasteiger partial charge is 0.508 e. The zero-order chi connectivity index (χ0) is 11.3. The number of esters is 1. The van der Waals surface area contributed by atoms with Crippen LogP contribution < -0.4 is 0 Å². The van der Waals surface area contributed by atoms with E-state index in [9.17, 15) is 9.90 Å². The molecule has 0 radical (unpaired) electrons. The molecule has 0 spiro atoms. The highest BCUT2D eigenvalue weighted by atomic mass is 16.5. The molecule has 0 unspecified atom stereocenters. The van der Waals surface area contributed by atoms with E-state index >= 15 is 0 Å². The molecule has 0 aliphatic rings. The second-order valence-corrected chi connectivity index (χ2v) is 2.98. The number of aromatic hydroxyl groups is 1. The number of hydrogen-bond donors (Lipinski definition) is 1. The maximum atomic E-state index is 11.1. The molecule has 4 heteroatoms. The van der Waals surface area contributed by atoms with E-state index < -0.39 is 0 Å². The maximum absolute atomic E-state index is 11.1. The van der Waals surface area contributed by atoms with Crippen LogP contribution in [0.5, 0.6) is 5.75 Å². The third kappa shape index (κ3) is 3.31. The standard InChI is InChI=1S/C11H11NO3/c1-2-15-11(14)6-8-3-9(7-12)5-10(13)4-8/h3-5,13H,2,6H2,1H3. The average Bonchev–Trinajstić information content (AvgIpc) is 2.17. The maximum Gasteiger partial charge on any atom is 0.310 e. The van der Waals surface area contributed by atoms with E-state index in [1.807, 2.05) is 6.07 Å². The molecule has 1 rings (SSSR count). The van der Waals surface area contributed by atoms with Crippen molar-refractivity contribution in [3.63, 3.8) is 0 Å². The van der Waals surface area contributed by atoms with Gasteiger partial charge in [-0.15, -0.1) is 0 Å². The van der Waals surface area contributed by atoms with E-state index in [4.69, 9.17) is 10.00 Å². The smallest absolute Gasteiger partial charge is 0.310 e. The van der Waals surface area contributed by atoms with Gasteiger partial charge in [-0.25, -0.2) is 0 Å². The van der Waals surface area contributed by atoms with Crippen molar-refractivity contribution in [3.8, 4) is 11.8 Å². The average molecular weight is 205 g/mol. The van der Waals surface area contributed by atoms with Crippen molar-refractivity contribution in [2.24, 2.45) is 0 Å². The molecule has 1 aromatic carbocycles. The fourth-order valence-corrected chi connectivity index (χ4v) is 1.22. The number of hydrogen-bond acceptors (Lipinski definition) is 4. The van der Waals surface area contributed by atoms with Crippen LogP contribution in [0.2, 0.25) is 0 Å². The summed E-state index contributed by atoms with van der Waals surface area (Å²) in [5, 5.41) is 17.9. The van der Waals surface area contributed by atoms with Crippen molar-refractivity contribution in [3.05, 3.63) is 29.3 Å². The zero-order valence-corrected chi connectivity index (χ0v) is 8.36. The molecule has 0 fully saturated rings. The third-order valence-corrected chi connectivity index (χ3v) is 1.76. The number of ether oxygens (including phenoxy) is 1. The molecule has 0 amide bonds. The fourth-order valence-electron chi connectivity index (χ4n) is 1.22. The molecule has 0 saturated heterocycles. The molecule has 0 aliphatic carbocycles. The lowest BCUT2D eigenvalue weighted by Crippen LogP contribution is -2.07. The fraction of sp³-hybridized carbons (Fsp3) is 0.273. The number of phenolic OH excluding ortho intramolecular Hbond substituents is 1. The lowest BCUT2D eigenvalue weighted by Gasteiger charge is -2.03. The summed E-state index contributed by atoms with van der Waals surface area (Å²) in [7, 11) is 0. The van der Waals surface area contributed by atoms with Crippen LogP contribution in [-0.4, -0.2) is 17.7 Å². The van der Waals surface area contributed by atoms with Gasteiger partial charge in [-0.3, -0.25) is 4.79 Å². The second kappa shape index (κ2) is 5.01. The number of nitriles is 1. The number of phenols is 1. The Morgan fingerprint density at radius 2 is 2.27 bits per heavy atom. The van der Waals surface area contributed by atoms with Crippen molar-refractivity contribution in [1.82, 2.24) is 0 Å². The SMILES string of the molecule is CCOC(=O)Cc1cc(O)cc(C#N)c1. The highest BCUT2D eigenvalue weighted by Crippen LogP contribution is 2.15. The predicted molar refractivity (Wildman–Crippen MR) is 53.2 cm³/mol. The molecule has 0 saturated carbocycles. The topological polar surface area (TPSA) is 70.3 Å². The molecule has 1 N–H and O–H groups in total. The summed E-state index contributed by atoms with van der Waals surface area (Å²) in [4.78, 5) is 11.1. The van der Waals surface area contributed by atoms with Crippen LogP contribution in [0.4, 0.5) is 0 Å². The van der Waals surface area contributed by atoms with Gasteiger partial charge < -0.3 is 9.84 Å². The van der Waals surface area contributed by atoms with Gasteiger partial charge in [0.05, 0.1) is 24.7 Å². The molecule has 1 aromatic rings. The molecule has 0 aliphatic heterocycles. The van der Waals surface area contributed by atoms with E-state index in [0.29, 0.717) is 17.7 Å². The van der Waals surface area contributed by atoms with E-state index in [1.165, 1.54) is 12.1 Å². The number of benzene rings is 1. The summed E-state index contributed by atoms with van der Waals surface area (Å²) >= 11 is 0. The second-order valence-electron chi connectivity index (χ2n) is 2.98. The summed E-state index contributed by atoms with van der Waals surface area (Å²) in [5.41, 5.74) is 0.902. The highest BCUT2D eigenvalue weighted by Gasteiger charge is 2.06. The Hall–Kier alpha value is -2.02. The molecule has 0 bridgehead atoms. The minimum Gasteiger partial charge on any atom is -0.508 e. The number of rotatable bonds is 3. The summed E-state index contributed by atoms with van der Waals surface area (Å²) in [6.45, 7) is 2.05. The van der Waals surface area contributed by atoms with Crippen molar-refractivity contribution in [2.75, 3.05) is 6.61 Å². The molecule has 0 heterocycles. The van der Waals surface area contributed by atoms with Gasteiger partial charge in [-0.05, 0) is 30.7 Å². The molecular weight excluding hydrogens is 194 g/mol. The monoisotopic (exact) mass is 205 g/mol. The van der Waals surface area contributed by atoms with Gasteiger partial charge in [0.2, 0.25) is 0 Å². The van der Waals surface area contributed by atoms with Gasteiger partial charge in [-0.1, -0.05) is 0 Å². The minimum absolute atomic E-state index is 0.0200. The first-order valence-corrected chi connectivity index (χ1v) is 4.54. The Morgan fingerprint density at radius 3 is 2.87 bits per heavy atom. The Morgan fingerprint density at radius 1 is 1.53 bits per heavy atom. The molecule has 4 nitrogen and oxygen atoms in total. The Labute approximate surface area is 87.7 Å². The third-order valence-electron chi connectivity index (χ3n) is 1.76. The Bertz CT molecular complexity index is 407. The van der Waals surface area contributed by atoms with Gasteiger partial charge in [0.15, 0.2) is 0 Å². The summed E-state index contributed by atoms with van der Waals surface area (Å²) in [6.07, 6.45) is 0.0664. The molecule has 0 aromatic heterocycles. The van der Waals surface area contributed by atoms with Crippen LogP contribution in [0.1, 0.15) is 18.1 Å².